The first-order valence-corrected chi connectivity index (χ1v) is 17.4. The zero-order valence-electron chi connectivity index (χ0n) is 30.6. The fourth-order valence-electron chi connectivity index (χ4n) is 8.05. The zero-order valence-corrected chi connectivity index (χ0v) is 30.6. The third kappa shape index (κ3) is 6.12. The molecule has 0 unspecified atom stereocenters. The number of rotatable bonds is 6. The van der Waals surface area contributed by atoms with Crippen LogP contribution in [0.5, 0.6) is 46.0 Å². The third-order valence-electron chi connectivity index (χ3n) is 10.6. The maximum Gasteiger partial charge on any atom is 0.204 e. The van der Waals surface area contributed by atoms with Gasteiger partial charge in [-0.25, -0.2) is 0 Å². The van der Waals surface area contributed by atoms with Crippen molar-refractivity contribution in [3.05, 3.63) is 93.5 Å². The third-order valence-corrected chi connectivity index (χ3v) is 10.6. The van der Waals surface area contributed by atoms with Gasteiger partial charge < -0.3 is 33.3 Å². The molecule has 6 aliphatic heterocycles. The van der Waals surface area contributed by atoms with Crippen LogP contribution in [-0.2, 0) is 32.2 Å². The molecule has 6 heterocycles. The monoisotopic (exact) mass is 679 g/mol. The summed E-state index contributed by atoms with van der Waals surface area (Å²) in [6, 6.07) is 19.2. The summed E-state index contributed by atoms with van der Waals surface area (Å²) in [5.41, 5.74) is 8.32. The SMILES string of the molecule is COc1cc2c3c(c1OC)Oc1ccc(cc1)C[C@@H]1c4c(c(CN(C)C)c(OC)c(OC)c4Oc4ccc(cc4)C[C@H]3N(C)CC2)CCN1C. The number of methoxy groups -OCH3 is 4. The molecule has 4 aromatic rings. The summed E-state index contributed by atoms with van der Waals surface area (Å²) in [6.45, 7) is 2.57. The Balaban J connectivity index is 1.43. The van der Waals surface area contributed by atoms with E-state index in [1.807, 2.05) is 0 Å². The molecular weight excluding hydrogens is 630 g/mol. The standard InChI is InChI=1S/C41H49N3O6/c1-42(2)24-31-30-18-20-44(4)33-22-26-11-13-28(14-12-26)49-39-35-27(23-34(45-5)38(39)47-7)17-19-43(3)32(35)21-25-9-15-29(16-10-25)50-40(36(30)33)41(48-8)37(31)46-6/h9-16,23,32-33H,17-22,24H2,1-8H3/t32-,33-/m1/s1. The van der Waals surface area contributed by atoms with Crippen LogP contribution in [-0.4, -0.2) is 84.4 Å². The van der Waals surface area contributed by atoms with Crippen molar-refractivity contribution in [2.45, 2.75) is 44.3 Å². The van der Waals surface area contributed by atoms with Crippen LogP contribution in [0.1, 0.15) is 51.0 Å². The Labute approximate surface area is 296 Å². The van der Waals surface area contributed by atoms with E-state index in [0.29, 0.717) is 23.0 Å². The topological polar surface area (TPSA) is 65.1 Å². The molecule has 0 amide bonds. The molecule has 4 bridgehead atoms. The molecule has 9 heteroatoms. The molecule has 0 spiro atoms. The smallest absolute Gasteiger partial charge is 0.204 e. The first-order chi connectivity index (χ1) is 24.2. The van der Waals surface area contributed by atoms with E-state index in [1.165, 1.54) is 22.3 Å². The fraction of sp³-hybridized carbons (Fsp3) is 0.415. The second-order valence-corrected chi connectivity index (χ2v) is 13.9. The van der Waals surface area contributed by atoms with E-state index in [0.717, 1.165) is 85.0 Å². The highest BCUT2D eigenvalue weighted by molar-refractivity contribution is 5.67. The molecule has 0 fully saturated rings. The molecule has 9 nitrogen and oxygen atoms in total. The van der Waals surface area contributed by atoms with E-state index < -0.39 is 0 Å². The molecule has 10 rings (SSSR count). The number of nitrogens with zero attached hydrogens (tertiary/aromatic N) is 3. The first-order valence-electron chi connectivity index (χ1n) is 17.4. The Hall–Kier alpha value is -4.44. The Morgan fingerprint density at radius 1 is 0.660 bits per heavy atom. The van der Waals surface area contributed by atoms with Gasteiger partial charge in [0, 0.05) is 48.4 Å². The lowest BCUT2D eigenvalue weighted by Gasteiger charge is -2.38. The van der Waals surface area contributed by atoms with Gasteiger partial charge in [0.15, 0.2) is 23.0 Å². The van der Waals surface area contributed by atoms with Crippen LogP contribution >= 0.6 is 0 Å². The minimum Gasteiger partial charge on any atom is -0.493 e. The quantitative estimate of drug-likeness (QED) is 0.210. The van der Waals surface area contributed by atoms with Crippen LogP contribution in [0, 0.1) is 0 Å². The van der Waals surface area contributed by atoms with Gasteiger partial charge >= 0.3 is 0 Å². The number of benzene rings is 4. The highest BCUT2D eigenvalue weighted by Crippen LogP contribution is 2.53. The summed E-state index contributed by atoms with van der Waals surface area (Å²) in [4.78, 5) is 7.01. The number of likely N-dealkylation sites (N-methyl/N-ethyl adjacent to an activating group) is 2. The molecule has 264 valence electrons. The molecule has 50 heavy (non-hydrogen) atoms. The Kier molecular flexibility index (Phi) is 9.57. The van der Waals surface area contributed by atoms with Gasteiger partial charge in [-0.15, -0.1) is 0 Å². The molecule has 0 radical (unpaired) electrons. The van der Waals surface area contributed by atoms with E-state index in [-0.39, 0.29) is 12.1 Å². The molecule has 4 aromatic carbocycles. The summed E-state index contributed by atoms with van der Waals surface area (Å²) in [6.07, 6.45) is 3.34. The molecule has 0 aromatic heterocycles. The van der Waals surface area contributed by atoms with Gasteiger partial charge in [-0.3, -0.25) is 9.80 Å². The Morgan fingerprint density at radius 2 is 1.18 bits per heavy atom. The van der Waals surface area contributed by atoms with Crippen LogP contribution in [0.3, 0.4) is 0 Å². The van der Waals surface area contributed by atoms with Crippen molar-refractivity contribution in [2.24, 2.45) is 0 Å². The van der Waals surface area contributed by atoms with Crippen LogP contribution in [0.4, 0.5) is 0 Å². The molecule has 0 N–H and O–H groups in total. The van der Waals surface area contributed by atoms with Gasteiger partial charge in [-0.2, -0.15) is 0 Å². The summed E-state index contributed by atoms with van der Waals surface area (Å²) < 4.78 is 37.8. The fourth-order valence-corrected chi connectivity index (χ4v) is 8.05. The lowest BCUT2D eigenvalue weighted by Crippen LogP contribution is -2.35. The van der Waals surface area contributed by atoms with Crippen molar-refractivity contribution in [2.75, 3.05) is 69.7 Å². The van der Waals surface area contributed by atoms with Crippen molar-refractivity contribution >= 4 is 0 Å². The van der Waals surface area contributed by atoms with Crippen molar-refractivity contribution < 1.29 is 28.4 Å². The van der Waals surface area contributed by atoms with Crippen LogP contribution in [0.15, 0.2) is 54.6 Å². The van der Waals surface area contributed by atoms with Crippen LogP contribution < -0.4 is 28.4 Å². The summed E-state index contributed by atoms with van der Waals surface area (Å²) in [7, 11) is 15.3. The van der Waals surface area contributed by atoms with Gasteiger partial charge in [0.05, 0.1) is 28.4 Å². The molecule has 0 aliphatic carbocycles. The minimum atomic E-state index is 0.0428. The molecule has 0 saturated carbocycles. The molecule has 2 atom stereocenters. The average molecular weight is 680 g/mol. The second kappa shape index (κ2) is 14.1. The Bertz CT molecular complexity index is 1860. The predicted octanol–water partition coefficient (Wildman–Crippen LogP) is 7.22. The largest absolute Gasteiger partial charge is 0.493 e. The number of hydrogen-bond donors (Lipinski definition) is 0. The maximum absolute atomic E-state index is 6.92. The first kappa shape index (κ1) is 34.0. The maximum atomic E-state index is 6.92. The molecular formula is C41H49N3O6. The van der Waals surface area contributed by atoms with Crippen LogP contribution in [0.2, 0.25) is 0 Å². The lowest BCUT2D eigenvalue weighted by molar-refractivity contribution is 0.219. The normalized spacial score (nSPS) is 18.7. The van der Waals surface area contributed by atoms with Crippen molar-refractivity contribution in [3.8, 4) is 46.0 Å². The van der Waals surface area contributed by atoms with E-state index in [4.69, 9.17) is 28.4 Å². The van der Waals surface area contributed by atoms with E-state index in [9.17, 15) is 0 Å². The van der Waals surface area contributed by atoms with Crippen LogP contribution in [0.25, 0.3) is 0 Å². The van der Waals surface area contributed by atoms with Crippen molar-refractivity contribution in [1.82, 2.24) is 14.7 Å². The predicted molar refractivity (Wildman–Crippen MR) is 195 cm³/mol. The van der Waals surface area contributed by atoms with Crippen molar-refractivity contribution in [3.63, 3.8) is 0 Å². The average Bonchev–Trinajstić information content (AvgIpc) is 3.11. The zero-order chi connectivity index (χ0) is 35.1. The summed E-state index contributed by atoms with van der Waals surface area (Å²) >= 11 is 0. The lowest BCUT2D eigenvalue weighted by atomic mass is 9.84. The molecule has 6 aliphatic rings. The summed E-state index contributed by atoms with van der Waals surface area (Å²) in [5, 5.41) is 0. The van der Waals surface area contributed by atoms with E-state index >= 15 is 0 Å². The molecule has 0 saturated heterocycles. The van der Waals surface area contributed by atoms with Gasteiger partial charge in [0.2, 0.25) is 11.5 Å². The van der Waals surface area contributed by atoms with Gasteiger partial charge in [-0.05, 0) is 106 Å². The van der Waals surface area contributed by atoms with Gasteiger partial charge in [0.25, 0.3) is 0 Å². The Morgan fingerprint density at radius 3 is 1.70 bits per heavy atom. The number of ether oxygens (including phenoxy) is 6. The van der Waals surface area contributed by atoms with Crippen molar-refractivity contribution in [1.29, 1.82) is 0 Å². The summed E-state index contributed by atoms with van der Waals surface area (Å²) in [5.74, 6) is 5.59. The highest BCUT2D eigenvalue weighted by atomic mass is 16.5. The number of hydrogen-bond acceptors (Lipinski definition) is 9. The minimum absolute atomic E-state index is 0.0428. The van der Waals surface area contributed by atoms with E-state index in [2.05, 4.69) is 97.5 Å². The van der Waals surface area contributed by atoms with Gasteiger partial charge in [0.1, 0.15) is 11.5 Å². The second-order valence-electron chi connectivity index (χ2n) is 13.9. The van der Waals surface area contributed by atoms with Gasteiger partial charge in [-0.1, -0.05) is 24.3 Å². The van der Waals surface area contributed by atoms with E-state index in [1.54, 1.807) is 28.4 Å². The highest BCUT2D eigenvalue weighted by Gasteiger charge is 2.37.